The lowest BCUT2D eigenvalue weighted by atomic mass is 10.2. The number of nitrogens with two attached hydrogens (primary N) is 1. The normalized spacial score (nSPS) is 18.5. The zero-order valence-corrected chi connectivity index (χ0v) is 11.8. The molecule has 17 heavy (non-hydrogen) atoms. The standard InChI is InChI=1S/C10H15BrN2O3S/c11-10-9(6-8(7-12)16-10)17(14,15)13-4-2-1-3-5-13/h6H,1-5,7,12H2. The van der Waals surface area contributed by atoms with E-state index in [2.05, 4.69) is 15.9 Å². The monoisotopic (exact) mass is 322 g/mol. The van der Waals surface area contributed by atoms with E-state index >= 15 is 0 Å². The molecule has 1 aliphatic heterocycles. The third-order valence-electron chi connectivity index (χ3n) is 2.84. The van der Waals surface area contributed by atoms with Crippen LogP contribution in [-0.2, 0) is 16.6 Å². The predicted molar refractivity (Wildman–Crippen MR) is 66.9 cm³/mol. The first kappa shape index (κ1) is 13.1. The Morgan fingerprint density at radius 3 is 2.53 bits per heavy atom. The van der Waals surface area contributed by atoms with Crippen LogP contribution in [0.1, 0.15) is 25.0 Å². The molecule has 0 radical (unpaired) electrons. The molecule has 0 saturated carbocycles. The number of piperidine rings is 1. The Bertz CT molecular complexity index is 492. The maximum absolute atomic E-state index is 12.3. The molecule has 1 aromatic rings. The molecular formula is C10H15BrN2O3S. The van der Waals surface area contributed by atoms with Gasteiger partial charge in [-0.25, -0.2) is 8.42 Å². The lowest BCUT2D eigenvalue weighted by Gasteiger charge is -2.25. The third kappa shape index (κ3) is 2.57. The number of rotatable bonds is 3. The zero-order valence-electron chi connectivity index (χ0n) is 9.36. The molecule has 0 amide bonds. The van der Waals surface area contributed by atoms with Crippen LogP contribution in [0.5, 0.6) is 0 Å². The number of halogens is 1. The number of sulfonamides is 1. The van der Waals surface area contributed by atoms with Gasteiger partial charge in [-0.3, -0.25) is 0 Å². The van der Waals surface area contributed by atoms with Gasteiger partial charge in [0.1, 0.15) is 10.7 Å². The van der Waals surface area contributed by atoms with Gasteiger partial charge >= 0.3 is 0 Å². The second-order valence-corrected chi connectivity index (χ2v) is 6.65. The van der Waals surface area contributed by atoms with Gasteiger partial charge in [0.05, 0.1) is 6.54 Å². The van der Waals surface area contributed by atoms with Crippen molar-refractivity contribution in [3.8, 4) is 0 Å². The van der Waals surface area contributed by atoms with E-state index in [4.69, 9.17) is 10.2 Å². The molecule has 7 heteroatoms. The van der Waals surface area contributed by atoms with Gasteiger partial charge in [-0.15, -0.1) is 0 Å². The first-order chi connectivity index (χ1) is 8.05. The molecule has 0 bridgehead atoms. The number of nitrogens with zero attached hydrogens (tertiary/aromatic N) is 1. The van der Waals surface area contributed by atoms with Gasteiger partial charge in [-0.2, -0.15) is 4.31 Å². The van der Waals surface area contributed by atoms with E-state index < -0.39 is 10.0 Å². The highest BCUT2D eigenvalue weighted by Gasteiger charge is 2.30. The van der Waals surface area contributed by atoms with Gasteiger partial charge in [0.15, 0.2) is 4.67 Å². The molecule has 0 atom stereocenters. The van der Waals surface area contributed by atoms with E-state index in [-0.39, 0.29) is 16.1 Å². The first-order valence-electron chi connectivity index (χ1n) is 5.54. The highest BCUT2D eigenvalue weighted by molar-refractivity contribution is 9.10. The molecule has 1 fully saturated rings. The molecule has 5 nitrogen and oxygen atoms in total. The van der Waals surface area contributed by atoms with E-state index in [0.29, 0.717) is 18.8 Å². The quantitative estimate of drug-likeness (QED) is 0.918. The van der Waals surface area contributed by atoms with Crippen LogP contribution in [0.3, 0.4) is 0 Å². The van der Waals surface area contributed by atoms with Crippen LogP contribution in [0, 0.1) is 0 Å². The maximum atomic E-state index is 12.3. The molecule has 1 saturated heterocycles. The van der Waals surface area contributed by atoms with Gasteiger partial charge in [0, 0.05) is 19.2 Å². The molecule has 0 unspecified atom stereocenters. The molecular weight excluding hydrogens is 308 g/mol. The van der Waals surface area contributed by atoms with E-state index in [1.807, 2.05) is 0 Å². The highest BCUT2D eigenvalue weighted by Crippen LogP contribution is 2.29. The van der Waals surface area contributed by atoms with Crippen molar-refractivity contribution in [3.05, 3.63) is 16.5 Å². The van der Waals surface area contributed by atoms with Crippen molar-refractivity contribution >= 4 is 26.0 Å². The summed E-state index contributed by atoms with van der Waals surface area (Å²) in [5.41, 5.74) is 5.43. The average Bonchev–Trinajstić information content (AvgIpc) is 2.72. The van der Waals surface area contributed by atoms with Crippen LogP contribution in [-0.4, -0.2) is 25.8 Å². The van der Waals surface area contributed by atoms with Crippen LogP contribution in [0.25, 0.3) is 0 Å². The second-order valence-electron chi connectivity index (χ2n) is 4.02. The summed E-state index contributed by atoms with van der Waals surface area (Å²) in [6, 6.07) is 1.49. The Kier molecular flexibility index (Phi) is 3.92. The Hall–Kier alpha value is -0.370. The number of hydrogen-bond donors (Lipinski definition) is 1. The summed E-state index contributed by atoms with van der Waals surface area (Å²) in [6.45, 7) is 1.35. The minimum Gasteiger partial charge on any atom is -0.452 e. The van der Waals surface area contributed by atoms with Crippen LogP contribution < -0.4 is 5.73 Å². The third-order valence-corrected chi connectivity index (χ3v) is 5.60. The van der Waals surface area contributed by atoms with E-state index in [1.54, 1.807) is 0 Å². The first-order valence-corrected chi connectivity index (χ1v) is 7.77. The molecule has 2 rings (SSSR count). The van der Waals surface area contributed by atoms with Gasteiger partial charge in [0.25, 0.3) is 0 Å². The fourth-order valence-electron chi connectivity index (χ4n) is 1.92. The fourth-order valence-corrected chi connectivity index (χ4v) is 4.40. The van der Waals surface area contributed by atoms with Gasteiger partial charge in [0.2, 0.25) is 10.0 Å². The summed E-state index contributed by atoms with van der Waals surface area (Å²) >= 11 is 3.13. The number of hydrogen-bond acceptors (Lipinski definition) is 4. The Morgan fingerprint density at radius 2 is 2.00 bits per heavy atom. The molecule has 96 valence electrons. The van der Waals surface area contributed by atoms with Gasteiger partial charge in [-0.05, 0) is 28.8 Å². The molecule has 2 heterocycles. The van der Waals surface area contributed by atoms with Crippen molar-refractivity contribution in [3.63, 3.8) is 0 Å². The highest BCUT2D eigenvalue weighted by atomic mass is 79.9. The Labute approximate surface area is 109 Å². The molecule has 1 aliphatic rings. The maximum Gasteiger partial charge on any atom is 0.247 e. The lowest BCUT2D eigenvalue weighted by Crippen LogP contribution is -2.35. The topological polar surface area (TPSA) is 76.5 Å². The summed E-state index contributed by atoms with van der Waals surface area (Å²) in [6.07, 6.45) is 2.92. The molecule has 1 aromatic heterocycles. The minimum absolute atomic E-state index is 0.180. The lowest BCUT2D eigenvalue weighted by molar-refractivity contribution is 0.346. The predicted octanol–water partition coefficient (Wildman–Crippen LogP) is 1.68. The molecule has 0 aliphatic carbocycles. The molecule has 2 N–H and O–H groups in total. The van der Waals surface area contributed by atoms with Crippen molar-refractivity contribution in [2.24, 2.45) is 5.73 Å². The van der Waals surface area contributed by atoms with Crippen LogP contribution in [0.2, 0.25) is 0 Å². The van der Waals surface area contributed by atoms with E-state index in [0.717, 1.165) is 19.3 Å². The van der Waals surface area contributed by atoms with Gasteiger partial charge < -0.3 is 10.2 Å². The summed E-state index contributed by atoms with van der Waals surface area (Å²) in [4.78, 5) is 0.180. The van der Waals surface area contributed by atoms with Crippen molar-refractivity contribution in [1.82, 2.24) is 4.31 Å². The Morgan fingerprint density at radius 1 is 1.35 bits per heavy atom. The Balaban J connectivity index is 2.33. The average molecular weight is 323 g/mol. The largest absolute Gasteiger partial charge is 0.452 e. The van der Waals surface area contributed by atoms with Crippen LogP contribution >= 0.6 is 15.9 Å². The van der Waals surface area contributed by atoms with Crippen LogP contribution in [0.4, 0.5) is 0 Å². The van der Waals surface area contributed by atoms with E-state index in [9.17, 15) is 8.42 Å². The second kappa shape index (κ2) is 5.09. The van der Waals surface area contributed by atoms with Crippen LogP contribution in [0.15, 0.2) is 20.0 Å². The molecule has 0 aromatic carbocycles. The summed E-state index contributed by atoms with van der Waals surface area (Å²) in [5, 5.41) is 0. The fraction of sp³-hybridized carbons (Fsp3) is 0.600. The van der Waals surface area contributed by atoms with Crippen molar-refractivity contribution in [2.75, 3.05) is 13.1 Å². The molecule has 0 spiro atoms. The van der Waals surface area contributed by atoms with Gasteiger partial charge in [-0.1, -0.05) is 6.42 Å². The van der Waals surface area contributed by atoms with Crippen molar-refractivity contribution in [2.45, 2.75) is 30.7 Å². The number of furan rings is 1. The van der Waals surface area contributed by atoms with Crippen molar-refractivity contribution < 1.29 is 12.8 Å². The summed E-state index contributed by atoms with van der Waals surface area (Å²) in [7, 11) is -3.44. The SMILES string of the molecule is NCc1cc(S(=O)(=O)N2CCCCC2)c(Br)o1. The smallest absolute Gasteiger partial charge is 0.247 e. The summed E-state index contributed by atoms with van der Waals surface area (Å²) < 4.78 is 31.6. The van der Waals surface area contributed by atoms with E-state index in [1.165, 1.54) is 10.4 Å². The zero-order chi connectivity index (χ0) is 12.5. The van der Waals surface area contributed by atoms with Crippen molar-refractivity contribution in [1.29, 1.82) is 0 Å². The summed E-state index contributed by atoms with van der Waals surface area (Å²) in [5.74, 6) is 0.465. The minimum atomic E-state index is -3.44.